The number of aromatic nitrogens is 2. The second-order valence-electron chi connectivity index (χ2n) is 3.09. The van der Waals surface area contributed by atoms with E-state index in [0.717, 1.165) is 17.7 Å². The largest absolute Gasteiger partial charge is 0.376 e. The summed E-state index contributed by atoms with van der Waals surface area (Å²) in [5.74, 6) is 0. The number of rotatable bonds is 1. The minimum Gasteiger partial charge on any atom is -0.376 e. The van der Waals surface area contributed by atoms with Crippen LogP contribution in [0.4, 0.5) is 0 Å². The summed E-state index contributed by atoms with van der Waals surface area (Å²) in [4.78, 5) is 0. The number of hydrogen-bond acceptors (Lipinski definition) is 2. The van der Waals surface area contributed by atoms with Crippen LogP contribution < -0.4 is 0 Å². The van der Waals surface area contributed by atoms with Crippen molar-refractivity contribution in [1.29, 1.82) is 0 Å². The molecule has 3 nitrogen and oxygen atoms in total. The van der Waals surface area contributed by atoms with Crippen molar-refractivity contribution < 1.29 is 4.74 Å². The Morgan fingerprint density at radius 2 is 2.45 bits per heavy atom. The first-order valence-corrected chi connectivity index (χ1v) is 4.28. The number of ether oxygens (including phenoxy) is 1. The van der Waals surface area contributed by atoms with Crippen LogP contribution in [-0.4, -0.2) is 23.0 Å². The minimum atomic E-state index is 0.0893. The molecule has 1 fully saturated rings. The van der Waals surface area contributed by atoms with E-state index in [0.29, 0.717) is 0 Å². The molecule has 1 aromatic rings. The average molecular weight is 217 g/mol. The van der Waals surface area contributed by atoms with Gasteiger partial charge in [-0.15, -0.1) is 0 Å². The SMILES string of the molecule is CC1(n2cc(Br)cn2)COC1. The van der Waals surface area contributed by atoms with Gasteiger partial charge < -0.3 is 4.74 Å². The maximum atomic E-state index is 5.13. The Labute approximate surface area is 73.5 Å². The standard InChI is InChI=1S/C7H9BrN2O/c1-7(4-11-5-7)10-3-6(8)2-9-10/h2-3H,4-5H2,1H3. The van der Waals surface area contributed by atoms with E-state index in [1.54, 1.807) is 6.20 Å². The van der Waals surface area contributed by atoms with E-state index in [1.807, 2.05) is 10.9 Å². The second-order valence-corrected chi connectivity index (χ2v) is 4.01. The molecule has 1 saturated heterocycles. The molecular formula is C7H9BrN2O. The molecule has 0 amide bonds. The third kappa shape index (κ3) is 1.10. The Balaban J connectivity index is 2.28. The summed E-state index contributed by atoms with van der Waals surface area (Å²) in [5.41, 5.74) is 0.0893. The monoisotopic (exact) mass is 216 g/mol. The zero-order valence-corrected chi connectivity index (χ0v) is 7.84. The van der Waals surface area contributed by atoms with Gasteiger partial charge in [-0.1, -0.05) is 0 Å². The van der Waals surface area contributed by atoms with Crippen molar-refractivity contribution in [3.05, 3.63) is 16.9 Å². The summed E-state index contributed by atoms with van der Waals surface area (Å²) in [6, 6.07) is 0. The highest BCUT2D eigenvalue weighted by Gasteiger charge is 2.35. The summed E-state index contributed by atoms with van der Waals surface area (Å²) in [7, 11) is 0. The summed E-state index contributed by atoms with van der Waals surface area (Å²) in [6.07, 6.45) is 3.77. The van der Waals surface area contributed by atoms with Gasteiger partial charge in [-0.25, -0.2) is 0 Å². The van der Waals surface area contributed by atoms with Crippen LogP contribution in [0.25, 0.3) is 0 Å². The van der Waals surface area contributed by atoms with Crippen LogP contribution in [-0.2, 0) is 10.3 Å². The molecule has 4 heteroatoms. The Morgan fingerprint density at radius 1 is 1.73 bits per heavy atom. The molecule has 1 aliphatic rings. The molecule has 0 N–H and O–H groups in total. The van der Waals surface area contributed by atoms with Crippen molar-refractivity contribution in [3.8, 4) is 0 Å². The fourth-order valence-electron chi connectivity index (χ4n) is 1.13. The number of halogens is 1. The first-order valence-electron chi connectivity index (χ1n) is 3.49. The molecule has 0 saturated carbocycles. The third-order valence-electron chi connectivity index (χ3n) is 1.93. The van der Waals surface area contributed by atoms with Gasteiger partial charge >= 0.3 is 0 Å². The van der Waals surface area contributed by atoms with Crippen LogP contribution in [0.15, 0.2) is 16.9 Å². The summed E-state index contributed by atoms with van der Waals surface area (Å²) >= 11 is 3.35. The molecule has 0 spiro atoms. The molecule has 2 heterocycles. The van der Waals surface area contributed by atoms with Gasteiger partial charge in [0.25, 0.3) is 0 Å². The maximum absolute atomic E-state index is 5.13. The summed E-state index contributed by atoms with van der Waals surface area (Å²) in [5, 5.41) is 4.20. The molecule has 60 valence electrons. The van der Waals surface area contributed by atoms with Crippen molar-refractivity contribution in [2.75, 3.05) is 13.2 Å². The van der Waals surface area contributed by atoms with E-state index < -0.39 is 0 Å². The molecule has 0 radical (unpaired) electrons. The van der Waals surface area contributed by atoms with Gasteiger partial charge in [0.15, 0.2) is 0 Å². The van der Waals surface area contributed by atoms with Crippen LogP contribution in [0.5, 0.6) is 0 Å². The van der Waals surface area contributed by atoms with Crippen LogP contribution >= 0.6 is 15.9 Å². The van der Waals surface area contributed by atoms with Gasteiger partial charge in [-0.3, -0.25) is 4.68 Å². The van der Waals surface area contributed by atoms with E-state index in [2.05, 4.69) is 28.0 Å². The quantitative estimate of drug-likeness (QED) is 0.710. The topological polar surface area (TPSA) is 27.1 Å². The summed E-state index contributed by atoms with van der Waals surface area (Å²) in [6.45, 7) is 3.66. The van der Waals surface area contributed by atoms with Gasteiger partial charge in [-0.2, -0.15) is 5.10 Å². The van der Waals surface area contributed by atoms with Crippen LogP contribution in [0.2, 0.25) is 0 Å². The van der Waals surface area contributed by atoms with Gasteiger partial charge in [-0.05, 0) is 22.9 Å². The van der Waals surface area contributed by atoms with Crippen molar-refractivity contribution in [3.63, 3.8) is 0 Å². The van der Waals surface area contributed by atoms with Gasteiger partial charge in [0.2, 0.25) is 0 Å². The lowest BCUT2D eigenvalue weighted by Crippen LogP contribution is -2.49. The molecule has 11 heavy (non-hydrogen) atoms. The molecule has 1 aromatic heterocycles. The smallest absolute Gasteiger partial charge is 0.106 e. The van der Waals surface area contributed by atoms with Gasteiger partial charge in [0.05, 0.1) is 23.9 Å². The van der Waals surface area contributed by atoms with E-state index in [-0.39, 0.29) is 5.54 Å². The predicted octanol–water partition coefficient (Wildman–Crippen LogP) is 1.39. The second kappa shape index (κ2) is 2.32. The van der Waals surface area contributed by atoms with E-state index in [1.165, 1.54) is 0 Å². The Morgan fingerprint density at radius 3 is 2.82 bits per heavy atom. The van der Waals surface area contributed by atoms with Crippen LogP contribution in [0, 0.1) is 0 Å². The van der Waals surface area contributed by atoms with Crippen molar-refractivity contribution in [1.82, 2.24) is 9.78 Å². The first-order chi connectivity index (χ1) is 5.21. The minimum absolute atomic E-state index is 0.0893. The van der Waals surface area contributed by atoms with Crippen LogP contribution in [0.3, 0.4) is 0 Å². The average Bonchev–Trinajstić information content (AvgIpc) is 2.31. The molecule has 0 aromatic carbocycles. The Bertz CT molecular complexity index is 267. The lowest BCUT2D eigenvalue weighted by molar-refractivity contribution is -0.0958. The normalized spacial score (nSPS) is 21.3. The Hall–Kier alpha value is -0.350. The number of nitrogens with zero attached hydrogens (tertiary/aromatic N) is 2. The van der Waals surface area contributed by atoms with Gasteiger partial charge in [0.1, 0.15) is 5.54 Å². The lowest BCUT2D eigenvalue weighted by atomic mass is 10.0. The zero-order chi connectivity index (χ0) is 7.90. The van der Waals surface area contributed by atoms with E-state index in [9.17, 15) is 0 Å². The molecule has 1 aliphatic heterocycles. The first kappa shape index (κ1) is 7.31. The predicted molar refractivity (Wildman–Crippen MR) is 44.4 cm³/mol. The Kier molecular flexibility index (Phi) is 1.54. The van der Waals surface area contributed by atoms with Crippen LogP contribution in [0.1, 0.15) is 6.92 Å². The molecular weight excluding hydrogens is 208 g/mol. The molecule has 0 aliphatic carbocycles. The lowest BCUT2D eigenvalue weighted by Gasteiger charge is -2.38. The summed E-state index contributed by atoms with van der Waals surface area (Å²) < 4.78 is 8.09. The third-order valence-corrected chi connectivity index (χ3v) is 2.34. The maximum Gasteiger partial charge on any atom is 0.106 e. The fourth-order valence-corrected chi connectivity index (χ4v) is 1.41. The van der Waals surface area contributed by atoms with Gasteiger partial charge in [0, 0.05) is 6.20 Å². The molecule has 0 atom stereocenters. The molecule has 0 unspecified atom stereocenters. The zero-order valence-electron chi connectivity index (χ0n) is 6.25. The van der Waals surface area contributed by atoms with Crippen molar-refractivity contribution in [2.45, 2.75) is 12.5 Å². The highest BCUT2D eigenvalue weighted by atomic mass is 79.9. The highest BCUT2D eigenvalue weighted by Crippen LogP contribution is 2.25. The molecule has 2 rings (SSSR count). The number of hydrogen-bond donors (Lipinski definition) is 0. The highest BCUT2D eigenvalue weighted by molar-refractivity contribution is 9.10. The van der Waals surface area contributed by atoms with E-state index >= 15 is 0 Å². The van der Waals surface area contributed by atoms with Crippen molar-refractivity contribution >= 4 is 15.9 Å². The van der Waals surface area contributed by atoms with Crippen molar-refractivity contribution in [2.24, 2.45) is 0 Å². The fraction of sp³-hybridized carbons (Fsp3) is 0.571. The molecule has 0 bridgehead atoms. The van der Waals surface area contributed by atoms with E-state index in [4.69, 9.17) is 4.74 Å².